The third kappa shape index (κ3) is 3.00. The minimum Gasteiger partial charge on any atom is -0.355 e. The second kappa shape index (κ2) is 6.38. The van der Waals surface area contributed by atoms with Crippen molar-refractivity contribution in [2.75, 3.05) is 24.5 Å². The zero-order chi connectivity index (χ0) is 10.1. The number of nitrogens with zero attached hydrogens (tertiary/aromatic N) is 3. The van der Waals surface area contributed by atoms with Gasteiger partial charge in [-0.1, -0.05) is 0 Å². The van der Waals surface area contributed by atoms with Gasteiger partial charge in [0.2, 0.25) is 0 Å². The van der Waals surface area contributed by atoms with Gasteiger partial charge in [0.1, 0.15) is 0 Å². The van der Waals surface area contributed by atoms with E-state index in [4.69, 9.17) is 0 Å². The van der Waals surface area contributed by atoms with Gasteiger partial charge in [-0.05, 0) is 24.5 Å². The van der Waals surface area contributed by atoms with E-state index in [-0.39, 0.29) is 24.8 Å². The molecule has 0 saturated carbocycles. The molecule has 1 aromatic rings. The molecule has 1 aromatic heterocycles. The van der Waals surface area contributed by atoms with Crippen LogP contribution in [0.1, 0.15) is 24.1 Å². The molecule has 1 fully saturated rings. The molecule has 6 heteroatoms. The van der Waals surface area contributed by atoms with Crippen LogP contribution in [-0.2, 0) is 13.0 Å². The third-order valence-electron chi connectivity index (χ3n) is 3.23. The highest BCUT2D eigenvalue weighted by Gasteiger charge is 2.17. The number of anilines is 1. The summed E-state index contributed by atoms with van der Waals surface area (Å²) in [6.45, 7) is 4.26. The predicted octanol–water partition coefficient (Wildman–Crippen LogP) is 1.57. The molecule has 0 amide bonds. The minimum atomic E-state index is 0. The van der Waals surface area contributed by atoms with Crippen molar-refractivity contribution >= 4 is 30.6 Å². The number of nitrogens with one attached hydrogen (secondary N) is 1. The first kappa shape index (κ1) is 14.5. The smallest absolute Gasteiger partial charge is 0.151 e. The third-order valence-corrected chi connectivity index (χ3v) is 3.23. The van der Waals surface area contributed by atoms with Gasteiger partial charge in [0, 0.05) is 32.6 Å². The molecular formula is C11H18Cl2N4. The van der Waals surface area contributed by atoms with Crippen molar-refractivity contribution in [2.45, 2.75) is 25.8 Å². The Hall–Kier alpha value is -0.580. The Labute approximate surface area is 114 Å². The van der Waals surface area contributed by atoms with E-state index in [9.17, 15) is 0 Å². The van der Waals surface area contributed by atoms with Gasteiger partial charge in [-0.25, -0.2) is 0 Å². The molecular weight excluding hydrogens is 259 g/mol. The number of fused-ring (bicyclic) bond motifs is 1. The highest BCUT2D eigenvalue weighted by molar-refractivity contribution is 5.85. The van der Waals surface area contributed by atoms with E-state index in [2.05, 4.69) is 26.5 Å². The van der Waals surface area contributed by atoms with E-state index >= 15 is 0 Å². The SMILES string of the molecule is Cl.Cl.c1c(N2CCCC2)nnc2c1CNCC2. The normalized spacial score (nSPS) is 18.0. The number of hydrogen-bond donors (Lipinski definition) is 1. The molecule has 0 radical (unpaired) electrons. The summed E-state index contributed by atoms with van der Waals surface area (Å²) in [4.78, 5) is 2.34. The van der Waals surface area contributed by atoms with E-state index in [0.717, 1.165) is 38.4 Å². The summed E-state index contributed by atoms with van der Waals surface area (Å²) in [5.74, 6) is 1.06. The van der Waals surface area contributed by atoms with Crippen LogP contribution < -0.4 is 10.2 Å². The average Bonchev–Trinajstić information content (AvgIpc) is 2.82. The van der Waals surface area contributed by atoms with E-state index in [1.807, 2.05) is 0 Å². The fraction of sp³-hybridized carbons (Fsp3) is 0.636. The second-order valence-corrected chi connectivity index (χ2v) is 4.30. The largest absolute Gasteiger partial charge is 0.355 e. The van der Waals surface area contributed by atoms with Gasteiger partial charge < -0.3 is 10.2 Å². The number of halogens is 2. The number of hydrogen-bond acceptors (Lipinski definition) is 4. The van der Waals surface area contributed by atoms with Gasteiger partial charge in [-0.3, -0.25) is 0 Å². The van der Waals surface area contributed by atoms with E-state index in [1.165, 1.54) is 24.1 Å². The summed E-state index contributed by atoms with van der Waals surface area (Å²) in [6.07, 6.45) is 3.59. The molecule has 3 rings (SSSR count). The zero-order valence-electron chi connectivity index (χ0n) is 9.69. The van der Waals surface area contributed by atoms with Crippen LogP contribution in [0.3, 0.4) is 0 Å². The molecule has 96 valence electrons. The van der Waals surface area contributed by atoms with Gasteiger partial charge in [0.25, 0.3) is 0 Å². The highest BCUT2D eigenvalue weighted by Crippen LogP contribution is 2.20. The molecule has 0 atom stereocenters. The average molecular weight is 277 g/mol. The lowest BCUT2D eigenvalue weighted by Gasteiger charge is -2.20. The van der Waals surface area contributed by atoms with Gasteiger partial charge in [0.05, 0.1) is 5.69 Å². The van der Waals surface area contributed by atoms with Crippen LogP contribution in [0.2, 0.25) is 0 Å². The maximum Gasteiger partial charge on any atom is 0.151 e. The van der Waals surface area contributed by atoms with Gasteiger partial charge in [-0.15, -0.1) is 29.9 Å². The lowest BCUT2D eigenvalue weighted by Crippen LogP contribution is -2.27. The van der Waals surface area contributed by atoms with E-state index < -0.39 is 0 Å². The van der Waals surface area contributed by atoms with E-state index in [1.54, 1.807) is 0 Å². The Bertz CT molecular complexity index is 366. The highest BCUT2D eigenvalue weighted by atomic mass is 35.5. The Balaban J connectivity index is 0.000000722. The van der Waals surface area contributed by atoms with Crippen molar-refractivity contribution in [3.05, 3.63) is 17.3 Å². The van der Waals surface area contributed by atoms with Crippen LogP contribution in [-0.4, -0.2) is 29.8 Å². The maximum absolute atomic E-state index is 4.33. The lowest BCUT2D eigenvalue weighted by molar-refractivity contribution is 0.619. The second-order valence-electron chi connectivity index (χ2n) is 4.30. The van der Waals surface area contributed by atoms with Crippen LogP contribution in [0, 0.1) is 0 Å². The van der Waals surface area contributed by atoms with Crippen LogP contribution in [0.15, 0.2) is 6.07 Å². The Morgan fingerprint density at radius 1 is 1.12 bits per heavy atom. The van der Waals surface area contributed by atoms with Gasteiger partial charge in [-0.2, -0.15) is 5.10 Å². The summed E-state index contributed by atoms with van der Waals surface area (Å²) in [5.41, 5.74) is 2.51. The molecule has 17 heavy (non-hydrogen) atoms. The minimum absolute atomic E-state index is 0. The molecule has 0 aliphatic carbocycles. The molecule has 3 heterocycles. The fourth-order valence-electron chi connectivity index (χ4n) is 2.34. The molecule has 2 aliphatic heterocycles. The summed E-state index contributed by atoms with van der Waals surface area (Å²) in [6, 6.07) is 2.21. The first-order valence-electron chi connectivity index (χ1n) is 5.74. The fourth-order valence-corrected chi connectivity index (χ4v) is 2.34. The van der Waals surface area contributed by atoms with Crippen LogP contribution in [0.5, 0.6) is 0 Å². The molecule has 0 spiro atoms. The summed E-state index contributed by atoms with van der Waals surface area (Å²) >= 11 is 0. The summed E-state index contributed by atoms with van der Waals surface area (Å²) in [7, 11) is 0. The Kier molecular flexibility index (Phi) is 5.43. The standard InChI is InChI=1S/C11H16N4.2ClH/c1-2-6-15(5-1)11-7-9-8-12-4-3-10(9)13-14-11;;/h7,12H,1-6,8H2;2*1H. The molecule has 0 bridgehead atoms. The Morgan fingerprint density at radius 3 is 2.65 bits per heavy atom. The monoisotopic (exact) mass is 276 g/mol. The quantitative estimate of drug-likeness (QED) is 0.846. The zero-order valence-corrected chi connectivity index (χ0v) is 11.3. The van der Waals surface area contributed by atoms with Crippen molar-refractivity contribution in [3.63, 3.8) is 0 Å². The first-order chi connectivity index (χ1) is 7.43. The first-order valence-corrected chi connectivity index (χ1v) is 5.74. The molecule has 4 nitrogen and oxygen atoms in total. The predicted molar refractivity (Wildman–Crippen MR) is 73.4 cm³/mol. The van der Waals surface area contributed by atoms with E-state index in [0.29, 0.717) is 0 Å². The van der Waals surface area contributed by atoms with Gasteiger partial charge in [0.15, 0.2) is 5.82 Å². The van der Waals surface area contributed by atoms with Crippen molar-refractivity contribution in [1.82, 2.24) is 15.5 Å². The maximum atomic E-state index is 4.33. The van der Waals surface area contributed by atoms with Crippen LogP contribution >= 0.6 is 24.8 Å². The number of rotatable bonds is 1. The summed E-state index contributed by atoms with van der Waals surface area (Å²) < 4.78 is 0. The van der Waals surface area contributed by atoms with Crippen molar-refractivity contribution in [1.29, 1.82) is 0 Å². The van der Waals surface area contributed by atoms with Crippen molar-refractivity contribution in [2.24, 2.45) is 0 Å². The molecule has 2 aliphatic rings. The summed E-state index contributed by atoms with van der Waals surface area (Å²) in [5, 5.41) is 12.0. The molecule has 1 N–H and O–H groups in total. The Morgan fingerprint density at radius 2 is 1.88 bits per heavy atom. The topological polar surface area (TPSA) is 41.1 Å². The van der Waals surface area contributed by atoms with Gasteiger partial charge >= 0.3 is 0 Å². The molecule has 0 aromatic carbocycles. The number of aromatic nitrogens is 2. The molecule has 1 saturated heterocycles. The lowest BCUT2D eigenvalue weighted by atomic mass is 10.1. The molecule has 0 unspecified atom stereocenters. The van der Waals surface area contributed by atoms with Crippen LogP contribution in [0.4, 0.5) is 5.82 Å². The van der Waals surface area contributed by atoms with Crippen molar-refractivity contribution in [3.8, 4) is 0 Å². The van der Waals surface area contributed by atoms with Crippen LogP contribution in [0.25, 0.3) is 0 Å². The van der Waals surface area contributed by atoms with Crippen molar-refractivity contribution < 1.29 is 0 Å².